The number of amides is 1. The van der Waals surface area contributed by atoms with Crippen molar-refractivity contribution < 1.29 is 42.2 Å². The first-order chi connectivity index (χ1) is 35.6. The lowest BCUT2D eigenvalue weighted by atomic mass is 9.59. The van der Waals surface area contributed by atoms with Crippen LogP contribution in [0.3, 0.4) is 0 Å². The minimum absolute atomic E-state index is 0.00707. The first-order valence-corrected chi connectivity index (χ1v) is 27.9. The fraction of sp³-hybridized carbons (Fsp3) is 0.527. The van der Waals surface area contributed by atoms with Crippen molar-refractivity contribution in [3.63, 3.8) is 0 Å². The molecule has 5 fully saturated rings. The van der Waals surface area contributed by atoms with E-state index in [9.17, 15) is 28.4 Å². The number of sulfonamides is 1. The van der Waals surface area contributed by atoms with Gasteiger partial charge in [-0.3, -0.25) is 19.8 Å². The van der Waals surface area contributed by atoms with Gasteiger partial charge in [-0.25, -0.2) is 13.1 Å². The Balaban J connectivity index is 0.826. The summed E-state index contributed by atoms with van der Waals surface area (Å²) in [6.07, 6.45) is 8.43. The van der Waals surface area contributed by atoms with Crippen molar-refractivity contribution in [1.82, 2.24) is 19.6 Å². The zero-order valence-corrected chi connectivity index (χ0v) is 43.1. The number of aromatic nitrogens is 2. The molecule has 0 bridgehead atoms. The highest BCUT2D eigenvalue weighted by atomic mass is 32.2. The van der Waals surface area contributed by atoms with Crippen molar-refractivity contribution >= 4 is 55.4 Å². The van der Waals surface area contributed by atoms with Crippen LogP contribution in [0, 0.1) is 27.4 Å². The van der Waals surface area contributed by atoms with Crippen LogP contribution < -0.4 is 29.3 Å². The largest absolute Gasteiger partial charge is 0.489 e. The molecule has 0 unspecified atom stereocenters. The summed E-state index contributed by atoms with van der Waals surface area (Å²) in [7, 11) is -4.71. The van der Waals surface area contributed by atoms with Gasteiger partial charge >= 0.3 is 0 Å². The highest BCUT2D eigenvalue weighted by Gasteiger charge is 2.50. The Labute approximate surface area is 431 Å². The van der Waals surface area contributed by atoms with E-state index in [1.807, 2.05) is 36.1 Å². The number of aromatic amines is 1. The Morgan fingerprint density at radius 3 is 2.51 bits per heavy atom. The molecule has 4 atom stereocenters. The second kappa shape index (κ2) is 19.0. The highest BCUT2D eigenvalue weighted by Crippen LogP contribution is 2.54. The summed E-state index contributed by atoms with van der Waals surface area (Å²) < 4.78 is 55.7. The molecule has 19 heteroatoms. The monoisotopic (exact) mass is 1030 g/mol. The minimum Gasteiger partial charge on any atom is -0.489 e. The maximum atomic E-state index is 14.8. The number of anilines is 4. The number of benzene rings is 3. The SMILES string of the molecule is CC(C)c1ccccc1[C@@H]1COCCN1C1CC2(CCN(c3ccc(C(=O)NS(=O)(=O)c4cc5c(c([N+](=O)[O-])c4)N[C@H](C4CCC(C)(O)CC4)CO5)c(N4C[C@@H]5COC[C@H]5Oc5nc6[nH]ccc6cc54)c3)CC2)C1. The first-order valence-electron chi connectivity index (χ1n) is 26.4. The van der Waals surface area contributed by atoms with Gasteiger partial charge in [-0.05, 0) is 117 Å². The second-order valence-electron chi connectivity index (χ2n) is 22.6. The number of fused-ring (bicyclic) bond motifs is 4. The standard InChI is InChI=1S/C55H66N8O10S/c1-33(2)40-6-4-5-7-41(40)47-31-70-21-20-61(47)38-26-55(27-38)15-18-60(19-16-55)37-8-9-42(44(23-37)62-28-36-29-71-32-49(36)73-53-46(62)22-35-12-17-56-51(35)58-53)52(64)59-74(68,69)39-24-45(63(66)67)50-48(25-39)72-30-43(57-50)34-10-13-54(3,65)14-11-34/h4-9,12,17,22-25,33-34,36,38,43,47,49,57,65H,10-11,13-16,18-21,26-32H2,1-3H3,(H,56,58)(H,59,64)/t34?,36-,43+,47+,49-,54?/m1/s1. The van der Waals surface area contributed by atoms with E-state index in [0.717, 1.165) is 69.1 Å². The number of nitrogens with one attached hydrogen (secondary N) is 3. The van der Waals surface area contributed by atoms with Crippen LogP contribution in [0.1, 0.15) is 106 Å². The van der Waals surface area contributed by atoms with Crippen molar-refractivity contribution in [2.75, 3.05) is 74.3 Å². The molecule has 7 aliphatic rings. The van der Waals surface area contributed by atoms with Gasteiger partial charge in [-0.15, -0.1) is 0 Å². The smallest absolute Gasteiger partial charge is 0.297 e. The number of nitrogens with zero attached hydrogens (tertiary/aromatic N) is 5. The third kappa shape index (κ3) is 9.11. The van der Waals surface area contributed by atoms with Gasteiger partial charge in [0.05, 0.1) is 65.2 Å². The Kier molecular flexibility index (Phi) is 12.6. The molecule has 12 rings (SSSR count). The molecule has 2 aromatic heterocycles. The van der Waals surface area contributed by atoms with Crippen LogP contribution in [-0.2, 0) is 19.5 Å². The number of hydrogen-bond acceptors (Lipinski definition) is 15. The number of rotatable bonds is 10. The third-order valence-electron chi connectivity index (χ3n) is 17.5. The molecule has 18 nitrogen and oxygen atoms in total. The number of pyridine rings is 1. The predicted octanol–water partition coefficient (Wildman–Crippen LogP) is 8.20. The van der Waals surface area contributed by atoms with Crippen LogP contribution in [0.25, 0.3) is 11.0 Å². The zero-order chi connectivity index (χ0) is 51.1. The number of piperidine rings is 1. The van der Waals surface area contributed by atoms with Crippen molar-refractivity contribution in [3.8, 4) is 11.6 Å². The summed E-state index contributed by atoms with van der Waals surface area (Å²) in [5.74, 6) is -0.113. The molecule has 392 valence electrons. The molecule has 74 heavy (non-hydrogen) atoms. The van der Waals surface area contributed by atoms with Crippen LogP contribution in [0.4, 0.5) is 28.4 Å². The maximum absolute atomic E-state index is 14.8. The van der Waals surface area contributed by atoms with Gasteiger partial charge < -0.3 is 44.2 Å². The van der Waals surface area contributed by atoms with Gasteiger partial charge in [0.1, 0.15) is 24.0 Å². The summed E-state index contributed by atoms with van der Waals surface area (Å²) in [5, 5.41) is 27.2. The molecular formula is C55H66N8O10S. The lowest BCUT2D eigenvalue weighted by Gasteiger charge is -2.57. The second-order valence-corrected chi connectivity index (χ2v) is 24.2. The van der Waals surface area contributed by atoms with Crippen LogP contribution in [0.5, 0.6) is 11.6 Å². The van der Waals surface area contributed by atoms with Crippen molar-refractivity contribution in [3.05, 3.63) is 99.7 Å². The number of ether oxygens (including phenoxy) is 4. The molecule has 2 saturated carbocycles. The molecule has 5 aromatic rings. The number of carbonyl (C=O) groups excluding carboxylic acids is 1. The molecule has 1 amide bonds. The minimum atomic E-state index is -4.71. The van der Waals surface area contributed by atoms with Crippen LogP contribution in [0.15, 0.2) is 77.8 Å². The summed E-state index contributed by atoms with van der Waals surface area (Å²) in [5.41, 5.74) is 4.56. The Morgan fingerprint density at radius 2 is 1.73 bits per heavy atom. The first kappa shape index (κ1) is 48.9. The van der Waals surface area contributed by atoms with E-state index in [1.165, 1.54) is 17.2 Å². The number of nitro groups is 1. The highest BCUT2D eigenvalue weighted by molar-refractivity contribution is 7.90. The number of aliphatic hydroxyl groups is 1. The molecule has 1 spiro atoms. The Morgan fingerprint density at radius 1 is 0.932 bits per heavy atom. The van der Waals surface area contributed by atoms with E-state index in [4.69, 9.17) is 23.9 Å². The summed E-state index contributed by atoms with van der Waals surface area (Å²) in [6.45, 7) is 11.7. The number of H-pyrrole nitrogens is 1. The Bertz CT molecular complexity index is 3080. The Hall–Kier alpha value is -5.99. The van der Waals surface area contributed by atoms with Crippen LogP contribution in [-0.4, -0.2) is 122 Å². The average Bonchev–Trinajstić information content (AvgIpc) is 4.02. The fourth-order valence-corrected chi connectivity index (χ4v) is 14.1. The average molecular weight is 1030 g/mol. The third-order valence-corrected chi connectivity index (χ3v) is 18.8. The topological polar surface area (TPSA) is 214 Å². The van der Waals surface area contributed by atoms with Crippen molar-refractivity contribution in [2.45, 2.75) is 113 Å². The maximum Gasteiger partial charge on any atom is 0.297 e. The summed E-state index contributed by atoms with van der Waals surface area (Å²) >= 11 is 0. The van der Waals surface area contributed by atoms with E-state index >= 15 is 0 Å². The van der Waals surface area contributed by atoms with Gasteiger partial charge in [0.2, 0.25) is 5.88 Å². The summed E-state index contributed by atoms with van der Waals surface area (Å²) in [6, 6.07) is 20.9. The van der Waals surface area contributed by atoms with Crippen LogP contribution >= 0.6 is 0 Å². The quantitative estimate of drug-likeness (QED) is 0.0767. The van der Waals surface area contributed by atoms with Gasteiger partial charge in [0.15, 0.2) is 11.4 Å². The van der Waals surface area contributed by atoms with Gasteiger partial charge in [0.25, 0.3) is 21.6 Å². The molecule has 2 aliphatic carbocycles. The molecule has 0 radical (unpaired) electrons. The lowest BCUT2D eigenvalue weighted by molar-refractivity contribution is -0.384. The van der Waals surface area contributed by atoms with Gasteiger partial charge in [-0.1, -0.05) is 38.1 Å². The van der Waals surface area contributed by atoms with E-state index < -0.39 is 37.0 Å². The van der Waals surface area contributed by atoms with Crippen LogP contribution in [0.2, 0.25) is 0 Å². The number of hydrogen-bond donors (Lipinski definition) is 4. The zero-order valence-electron chi connectivity index (χ0n) is 42.3. The van der Waals surface area contributed by atoms with E-state index in [1.54, 1.807) is 12.3 Å². The fourth-order valence-electron chi connectivity index (χ4n) is 13.1. The molecule has 4 N–H and O–H groups in total. The van der Waals surface area contributed by atoms with Gasteiger partial charge in [-0.2, -0.15) is 4.98 Å². The lowest BCUT2D eigenvalue weighted by Crippen LogP contribution is -2.58. The molecule has 7 heterocycles. The molecule has 3 aromatic carbocycles. The number of morpholine rings is 1. The van der Waals surface area contributed by atoms with Gasteiger partial charge in [0, 0.05) is 67.5 Å². The van der Waals surface area contributed by atoms with Crippen molar-refractivity contribution in [2.24, 2.45) is 17.3 Å². The number of nitro benzene ring substituents is 1. The molecule has 3 saturated heterocycles. The van der Waals surface area contributed by atoms with Crippen molar-refractivity contribution in [1.29, 1.82) is 0 Å². The molecular weight excluding hydrogens is 965 g/mol. The molecule has 5 aliphatic heterocycles. The van der Waals surface area contributed by atoms with E-state index in [2.05, 4.69) is 62.9 Å². The predicted molar refractivity (Wildman–Crippen MR) is 279 cm³/mol. The van der Waals surface area contributed by atoms with E-state index in [-0.39, 0.29) is 59.0 Å². The normalized spacial score (nSPS) is 27.0. The van der Waals surface area contributed by atoms with E-state index in [0.29, 0.717) is 86.9 Å². The summed E-state index contributed by atoms with van der Waals surface area (Å²) in [4.78, 5) is 41.4. The number of carbonyl (C=O) groups is 1.